The van der Waals surface area contributed by atoms with Crippen LogP contribution in [0.2, 0.25) is 0 Å². The fourth-order valence-corrected chi connectivity index (χ4v) is 2.97. The van der Waals surface area contributed by atoms with E-state index < -0.39 is 0 Å². The third-order valence-electron chi connectivity index (χ3n) is 4.22. The van der Waals surface area contributed by atoms with Crippen molar-refractivity contribution in [2.75, 3.05) is 0 Å². The van der Waals surface area contributed by atoms with Crippen LogP contribution in [0.5, 0.6) is 0 Å². The smallest absolute Gasteiger partial charge is 0.0210 e. The van der Waals surface area contributed by atoms with Crippen LogP contribution in [0.25, 0.3) is 0 Å². The summed E-state index contributed by atoms with van der Waals surface area (Å²) in [6.07, 6.45) is 6.84. The third-order valence-corrected chi connectivity index (χ3v) is 4.22. The van der Waals surface area contributed by atoms with Gasteiger partial charge in [-0.25, -0.2) is 0 Å². The zero-order chi connectivity index (χ0) is 12.1. The summed E-state index contributed by atoms with van der Waals surface area (Å²) in [5, 5.41) is 3.72. The minimum atomic E-state index is 0.669. The maximum atomic E-state index is 3.72. The van der Waals surface area contributed by atoms with Gasteiger partial charge in [-0.05, 0) is 43.2 Å². The van der Waals surface area contributed by atoms with Gasteiger partial charge in [-0.1, -0.05) is 44.0 Å². The second-order valence-electron chi connectivity index (χ2n) is 5.34. The Hall–Kier alpha value is -0.820. The van der Waals surface area contributed by atoms with E-state index in [0.717, 1.165) is 18.9 Å². The minimum absolute atomic E-state index is 0.669. The summed E-state index contributed by atoms with van der Waals surface area (Å²) in [6.45, 7) is 5.62. The first kappa shape index (κ1) is 12.6. The zero-order valence-electron chi connectivity index (χ0n) is 11.2. The monoisotopic (exact) mass is 231 g/mol. The largest absolute Gasteiger partial charge is 0.310 e. The van der Waals surface area contributed by atoms with Gasteiger partial charge in [0.15, 0.2) is 0 Å². The van der Waals surface area contributed by atoms with Crippen molar-refractivity contribution in [3.8, 4) is 0 Å². The number of aryl methyl sites for hydroxylation is 1. The molecular weight excluding hydrogens is 206 g/mol. The molecule has 1 heteroatoms. The highest BCUT2D eigenvalue weighted by atomic mass is 14.9. The molecule has 0 spiro atoms. The van der Waals surface area contributed by atoms with Gasteiger partial charge in [-0.3, -0.25) is 0 Å². The maximum Gasteiger partial charge on any atom is 0.0210 e. The quantitative estimate of drug-likeness (QED) is 0.810. The molecule has 0 bridgehead atoms. The molecule has 0 aliphatic heterocycles. The lowest BCUT2D eigenvalue weighted by Crippen LogP contribution is -2.32. The van der Waals surface area contributed by atoms with Crippen LogP contribution in [0.15, 0.2) is 24.3 Å². The average Bonchev–Trinajstić information content (AvgIpc) is 2.90. The normalized spacial score (nSPS) is 18.5. The van der Waals surface area contributed by atoms with Crippen molar-refractivity contribution in [1.29, 1.82) is 0 Å². The Morgan fingerprint density at radius 2 is 1.82 bits per heavy atom. The van der Waals surface area contributed by atoms with E-state index in [0.29, 0.717) is 6.04 Å². The van der Waals surface area contributed by atoms with Gasteiger partial charge >= 0.3 is 0 Å². The second kappa shape index (κ2) is 6.20. The van der Waals surface area contributed by atoms with E-state index in [2.05, 4.69) is 43.4 Å². The molecular formula is C16H25N. The summed E-state index contributed by atoms with van der Waals surface area (Å²) in [5.74, 6) is 0.906. The molecule has 0 aromatic heterocycles. The highest BCUT2D eigenvalue weighted by Gasteiger charge is 2.20. The second-order valence-corrected chi connectivity index (χ2v) is 5.34. The molecule has 1 aromatic carbocycles. The van der Waals surface area contributed by atoms with E-state index in [1.165, 1.54) is 36.8 Å². The number of rotatable bonds is 5. The minimum Gasteiger partial charge on any atom is -0.310 e. The predicted molar refractivity (Wildman–Crippen MR) is 74.1 cm³/mol. The first-order valence-electron chi connectivity index (χ1n) is 7.11. The van der Waals surface area contributed by atoms with Crippen molar-refractivity contribution in [2.24, 2.45) is 5.92 Å². The highest BCUT2D eigenvalue weighted by Crippen LogP contribution is 2.27. The molecule has 1 aromatic rings. The predicted octanol–water partition coefficient (Wildman–Crippen LogP) is 3.92. The van der Waals surface area contributed by atoms with E-state index in [-0.39, 0.29) is 0 Å². The highest BCUT2D eigenvalue weighted by molar-refractivity contribution is 5.26. The van der Waals surface area contributed by atoms with Crippen molar-refractivity contribution in [3.05, 3.63) is 35.4 Å². The lowest BCUT2D eigenvalue weighted by Gasteiger charge is -2.21. The van der Waals surface area contributed by atoms with Crippen LogP contribution in [0.1, 0.15) is 50.7 Å². The van der Waals surface area contributed by atoms with Crippen LogP contribution in [0, 0.1) is 5.92 Å². The Morgan fingerprint density at radius 3 is 2.47 bits per heavy atom. The van der Waals surface area contributed by atoms with Crippen LogP contribution in [0.4, 0.5) is 0 Å². The summed E-state index contributed by atoms with van der Waals surface area (Å²) >= 11 is 0. The van der Waals surface area contributed by atoms with Crippen LogP contribution in [-0.4, -0.2) is 6.04 Å². The van der Waals surface area contributed by atoms with E-state index in [1.807, 2.05) is 0 Å². The summed E-state index contributed by atoms with van der Waals surface area (Å²) in [6, 6.07) is 9.46. The van der Waals surface area contributed by atoms with E-state index in [4.69, 9.17) is 0 Å². The van der Waals surface area contributed by atoms with Gasteiger partial charge in [-0.15, -0.1) is 0 Å². The molecule has 2 rings (SSSR count). The Morgan fingerprint density at radius 1 is 1.18 bits per heavy atom. The molecule has 0 amide bonds. The third kappa shape index (κ3) is 3.32. The van der Waals surface area contributed by atoms with Gasteiger partial charge in [0.1, 0.15) is 0 Å². The van der Waals surface area contributed by atoms with Crippen molar-refractivity contribution in [1.82, 2.24) is 5.32 Å². The fraction of sp³-hybridized carbons (Fsp3) is 0.625. The summed E-state index contributed by atoms with van der Waals surface area (Å²) in [4.78, 5) is 0. The molecule has 17 heavy (non-hydrogen) atoms. The van der Waals surface area contributed by atoms with Crippen molar-refractivity contribution in [3.63, 3.8) is 0 Å². The molecule has 1 fully saturated rings. The Balaban J connectivity index is 1.88. The summed E-state index contributed by atoms with van der Waals surface area (Å²) in [5.41, 5.74) is 2.96. The molecule has 1 saturated carbocycles. The van der Waals surface area contributed by atoms with Crippen LogP contribution >= 0.6 is 0 Å². The molecule has 1 N–H and O–H groups in total. The van der Waals surface area contributed by atoms with Crippen LogP contribution < -0.4 is 5.32 Å². The van der Waals surface area contributed by atoms with E-state index in [9.17, 15) is 0 Å². The Labute approximate surface area is 106 Å². The van der Waals surface area contributed by atoms with Gasteiger partial charge in [0.05, 0.1) is 0 Å². The molecule has 94 valence electrons. The van der Waals surface area contributed by atoms with Crippen molar-refractivity contribution in [2.45, 2.75) is 58.5 Å². The summed E-state index contributed by atoms with van der Waals surface area (Å²) < 4.78 is 0. The van der Waals surface area contributed by atoms with Gasteiger partial charge in [0.2, 0.25) is 0 Å². The first-order chi connectivity index (χ1) is 8.31. The average molecular weight is 231 g/mol. The number of benzene rings is 1. The standard InChI is InChI=1S/C16H25N/c1-3-14-8-4-7-11-16(14)12-17-13(2)15-9-5-6-10-15/h4,7-8,11,13,15,17H,3,5-6,9-10,12H2,1-2H3/t13-/m1/s1. The Kier molecular flexibility index (Phi) is 4.61. The van der Waals surface area contributed by atoms with Gasteiger partial charge < -0.3 is 5.32 Å². The molecule has 0 unspecified atom stereocenters. The van der Waals surface area contributed by atoms with E-state index >= 15 is 0 Å². The van der Waals surface area contributed by atoms with Crippen LogP contribution in [0.3, 0.4) is 0 Å². The van der Waals surface area contributed by atoms with Crippen LogP contribution in [-0.2, 0) is 13.0 Å². The molecule has 1 nitrogen and oxygen atoms in total. The zero-order valence-corrected chi connectivity index (χ0v) is 11.2. The van der Waals surface area contributed by atoms with Crippen molar-refractivity contribution < 1.29 is 0 Å². The van der Waals surface area contributed by atoms with Gasteiger partial charge in [0, 0.05) is 12.6 Å². The Bertz CT molecular complexity index is 339. The number of hydrogen-bond acceptors (Lipinski definition) is 1. The molecule has 0 saturated heterocycles. The topological polar surface area (TPSA) is 12.0 Å². The van der Waals surface area contributed by atoms with Gasteiger partial charge in [0.25, 0.3) is 0 Å². The SMILES string of the molecule is CCc1ccccc1CN[C@H](C)C1CCCC1. The number of hydrogen-bond donors (Lipinski definition) is 1. The molecule has 0 radical (unpaired) electrons. The van der Waals surface area contributed by atoms with E-state index in [1.54, 1.807) is 0 Å². The summed E-state index contributed by atoms with van der Waals surface area (Å²) in [7, 11) is 0. The molecule has 0 heterocycles. The van der Waals surface area contributed by atoms with Crippen molar-refractivity contribution >= 4 is 0 Å². The molecule has 1 aliphatic carbocycles. The maximum absolute atomic E-state index is 3.72. The lowest BCUT2D eigenvalue weighted by atomic mass is 9.99. The van der Waals surface area contributed by atoms with Gasteiger partial charge in [-0.2, -0.15) is 0 Å². The fourth-order valence-electron chi connectivity index (χ4n) is 2.97. The molecule has 1 atom stereocenters. The number of nitrogens with one attached hydrogen (secondary N) is 1. The molecule has 1 aliphatic rings. The lowest BCUT2D eigenvalue weighted by molar-refractivity contribution is 0.380. The first-order valence-corrected chi connectivity index (χ1v) is 7.11.